The number of benzene rings is 2. The number of aliphatic hydroxyl groups is 1. The predicted octanol–water partition coefficient (Wildman–Crippen LogP) is 4.46. The van der Waals surface area contributed by atoms with Crippen molar-refractivity contribution in [2.45, 2.75) is 26.9 Å². The van der Waals surface area contributed by atoms with Gasteiger partial charge in [-0.05, 0) is 55.7 Å². The summed E-state index contributed by atoms with van der Waals surface area (Å²) in [4.78, 5) is 0. The lowest BCUT2D eigenvalue weighted by Crippen LogP contribution is -2.05. The molecule has 2 nitrogen and oxygen atoms in total. The zero-order valence-electron chi connectivity index (χ0n) is 12.2. The first-order chi connectivity index (χ1) is 9.43. The quantitative estimate of drug-likeness (QED) is 0.897. The van der Waals surface area contributed by atoms with Crippen molar-refractivity contribution in [1.29, 1.82) is 0 Å². The van der Waals surface area contributed by atoms with Gasteiger partial charge in [0.1, 0.15) is 11.9 Å². The molecule has 0 aromatic heterocycles. The third-order valence-corrected chi connectivity index (χ3v) is 4.38. The Hall–Kier alpha value is -1.32. The lowest BCUT2D eigenvalue weighted by molar-refractivity contribution is 0.214. The molecule has 0 aliphatic heterocycles. The van der Waals surface area contributed by atoms with E-state index in [1.807, 2.05) is 51.1 Å². The van der Waals surface area contributed by atoms with Crippen molar-refractivity contribution in [3.63, 3.8) is 0 Å². The SMILES string of the molecule is COc1ccc(C)cc1C(O)c1cc(C)c(Br)cc1C. The molecule has 20 heavy (non-hydrogen) atoms. The molecule has 2 rings (SSSR count). The fourth-order valence-corrected chi connectivity index (χ4v) is 2.79. The molecule has 0 heterocycles. The Morgan fingerprint density at radius 2 is 1.70 bits per heavy atom. The minimum absolute atomic E-state index is 0.684. The summed E-state index contributed by atoms with van der Waals surface area (Å²) in [5.74, 6) is 0.711. The number of hydrogen-bond acceptors (Lipinski definition) is 2. The fraction of sp³-hybridized carbons (Fsp3) is 0.294. The predicted molar refractivity (Wildman–Crippen MR) is 85.4 cm³/mol. The van der Waals surface area contributed by atoms with Crippen molar-refractivity contribution in [2.75, 3.05) is 7.11 Å². The van der Waals surface area contributed by atoms with E-state index >= 15 is 0 Å². The summed E-state index contributed by atoms with van der Waals surface area (Å²) < 4.78 is 6.43. The highest BCUT2D eigenvalue weighted by Gasteiger charge is 2.18. The van der Waals surface area contributed by atoms with E-state index in [1.165, 1.54) is 0 Å². The van der Waals surface area contributed by atoms with Crippen LogP contribution in [0.15, 0.2) is 34.8 Å². The van der Waals surface area contributed by atoms with E-state index < -0.39 is 6.10 Å². The topological polar surface area (TPSA) is 29.5 Å². The number of aliphatic hydroxyl groups excluding tert-OH is 1. The van der Waals surface area contributed by atoms with Gasteiger partial charge in [0, 0.05) is 10.0 Å². The standard InChI is InChI=1S/C17H19BrO2/c1-10-5-6-16(20-4)14(7-10)17(19)13-8-12(3)15(18)9-11(13)2/h5-9,17,19H,1-4H3. The van der Waals surface area contributed by atoms with Crippen molar-refractivity contribution in [1.82, 2.24) is 0 Å². The van der Waals surface area contributed by atoms with Crippen molar-refractivity contribution < 1.29 is 9.84 Å². The van der Waals surface area contributed by atoms with E-state index in [0.29, 0.717) is 5.75 Å². The summed E-state index contributed by atoms with van der Waals surface area (Å²) in [6.07, 6.45) is -0.684. The van der Waals surface area contributed by atoms with Gasteiger partial charge in [-0.25, -0.2) is 0 Å². The number of hydrogen-bond donors (Lipinski definition) is 1. The number of ether oxygens (including phenoxy) is 1. The fourth-order valence-electron chi connectivity index (χ4n) is 2.33. The smallest absolute Gasteiger partial charge is 0.125 e. The van der Waals surface area contributed by atoms with Crippen LogP contribution < -0.4 is 4.74 Å². The molecule has 1 atom stereocenters. The first-order valence-electron chi connectivity index (χ1n) is 6.53. The molecule has 3 heteroatoms. The van der Waals surface area contributed by atoms with E-state index in [4.69, 9.17) is 4.74 Å². The summed E-state index contributed by atoms with van der Waals surface area (Å²) >= 11 is 3.52. The maximum atomic E-state index is 10.7. The van der Waals surface area contributed by atoms with Gasteiger partial charge >= 0.3 is 0 Å². The zero-order chi connectivity index (χ0) is 14.9. The van der Waals surface area contributed by atoms with E-state index in [2.05, 4.69) is 15.9 Å². The largest absolute Gasteiger partial charge is 0.496 e. The first-order valence-corrected chi connectivity index (χ1v) is 7.32. The summed E-state index contributed by atoms with van der Waals surface area (Å²) in [7, 11) is 1.63. The zero-order valence-corrected chi connectivity index (χ0v) is 13.8. The van der Waals surface area contributed by atoms with Crippen LogP contribution in [0.1, 0.15) is 33.9 Å². The lowest BCUT2D eigenvalue weighted by atomic mass is 9.94. The van der Waals surface area contributed by atoms with Gasteiger partial charge in [0.25, 0.3) is 0 Å². The molecule has 0 saturated heterocycles. The van der Waals surface area contributed by atoms with E-state index in [-0.39, 0.29) is 0 Å². The highest BCUT2D eigenvalue weighted by atomic mass is 79.9. The van der Waals surface area contributed by atoms with Crippen molar-refractivity contribution in [2.24, 2.45) is 0 Å². The molecule has 0 aliphatic rings. The van der Waals surface area contributed by atoms with Crippen molar-refractivity contribution in [3.8, 4) is 5.75 Å². The molecule has 0 spiro atoms. The second-order valence-electron chi connectivity index (χ2n) is 5.11. The van der Waals surface area contributed by atoms with Gasteiger partial charge in [-0.3, -0.25) is 0 Å². The van der Waals surface area contributed by atoms with Gasteiger partial charge in [-0.2, -0.15) is 0 Å². The third-order valence-electron chi connectivity index (χ3n) is 3.52. The summed E-state index contributed by atoms with van der Waals surface area (Å²) in [6.45, 7) is 6.04. The van der Waals surface area contributed by atoms with Crippen LogP contribution in [-0.2, 0) is 0 Å². The van der Waals surface area contributed by atoms with Crippen LogP contribution in [0.4, 0.5) is 0 Å². The molecule has 1 N–H and O–H groups in total. The first kappa shape index (κ1) is 15.1. The average Bonchev–Trinajstić information content (AvgIpc) is 2.42. The Morgan fingerprint density at radius 1 is 1.00 bits per heavy atom. The van der Waals surface area contributed by atoms with Crippen LogP contribution in [0.2, 0.25) is 0 Å². The van der Waals surface area contributed by atoms with Crippen LogP contribution >= 0.6 is 15.9 Å². The minimum atomic E-state index is -0.684. The molecule has 1 unspecified atom stereocenters. The second kappa shape index (κ2) is 5.98. The molecule has 2 aromatic rings. The monoisotopic (exact) mass is 334 g/mol. The maximum Gasteiger partial charge on any atom is 0.125 e. The van der Waals surface area contributed by atoms with Gasteiger partial charge in [0.05, 0.1) is 7.11 Å². The number of halogens is 1. The van der Waals surface area contributed by atoms with Crippen LogP contribution in [0.3, 0.4) is 0 Å². The molecular formula is C17H19BrO2. The van der Waals surface area contributed by atoms with Crippen LogP contribution in [-0.4, -0.2) is 12.2 Å². The highest BCUT2D eigenvalue weighted by molar-refractivity contribution is 9.10. The number of aryl methyl sites for hydroxylation is 3. The minimum Gasteiger partial charge on any atom is -0.496 e. The Balaban J connectivity index is 2.54. The molecule has 2 aromatic carbocycles. The summed E-state index contributed by atoms with van der Waals surface area (Å²) in [6, 6.07) is 9.91. The molecule has 0 aliphatic carbocycles. The van der Waals surface area contributed by atoms with Gasteiger partial charge in [0.15, 0.2) is 0 Å². The molecule has 106 valence electrons. The van der Waals surface area contributed by atoms with Gasteiger partial charge in [0.2, 0.25) is 0 Å². The average molecular weight is 335 g/mol. The molecule has 0 saturated carbocycles. The van der Waals surface area contributed by atoms with Crippen molar-refractivity contribution >= 4 is 15.9 Å². The van der Waals surface area contributed by atoms with Gasteiger partial charge in [-0.15, -0.1) is 0 Å². The maximum absolute atomic E-state index is 10.7. The lowest BCUT2D eigenvalue weighted by Gasteiger charge is -2.19. The molecule has 0 bridgehead atoms. The van der Waals surface area contributed by atoms with Crippen LogP contribution in [0.5, 0.6) is 5.75 Å². The molecule has 0 radical (unpaired) electrons. The van der Waals surface area contributed by atoms with Crippen LogP contribution in [0, 0.1) is 20.8 Å². The van der Waals surface area contributed by atoms with Gasteiger partial charge in [-0.1, -0.05) is 33.6 Å². The second-order valence-corrected chi connectivity index (χ2v) is 5.96. The Bertz CT molecular complexity index is 635. The summed E-state index contributed by atoms with van der Waals surface area (Å²) in [5, 5.41) is 10.7. The van der Waals surface area contributed by atoms with E-state index in [0.717, 1.165) is 32.3 Å². The van der Waals surface area contributed by atoms with Crippen molar-refractivity contribution in [3.05, 3.63) is 62.6 Å². The number of methoxy groups -OCH3 is 1. The summed E-state index contributed by atoms with van der Waals surface area (Å²) in [5.41, 5.74) is 4.98. The molecule has 0 amide bonds. The Kier molecular flexibility index (Phi) is 4.51. The Labute approximate surface area is 128 Å². The Morgan fingerprint density at radius 3 is 2.35 bits per heavy atom. The van der Waals surface area contributed by atoms with Crippen LogP contribution in [0.25, 0.3) is 0 Å². The van der Waals surface area contributed by atoms with E-state index in [1.54, 1.807) is 7.11 Å². The highest BCUT2D eigenvalue weighted by Crippen LogP contribution is 2.34. The van der Waals surface area contributed by atoms with E-state index in [9.17, 15) is 5.11 Å². The molecular weight excluding hydrogens is 316 g/mol. The van der Waals surface area contributed by atoms with Gasteiger partial charge < -0.3 is 9.84 Å². The molecule has 0 fully saturated rings. The number of rotatable bonds is 3. The third kappa shape index (κ3) is 2.89. The normalized spacial score (nSPS) is 12.3.